The second-order valence-electron chi connectivity index (χ2n) is 7.54. The van der Waals surface area contributed by atoms with Gasteiger partial charge in [-0.3, -0.25) is 19.7 Å². The fourth-order valence-electron chi connectivity index (χ4n) is 3.33. The maximum atomic E-state index is 12.9. The summed E-state index contributed by atoms with van der Waals surface area (Å²) in [5, 5.41) is 12.1. The number of hydrogen-bond donors (Lipinski definition) is 1. The highest BCUT2D eigenvalue weighted by Gasteiger charge is 2.33. The number of anilines is 2. The summed E-state index contributed by atoms with van der Waals surface area (Å²) >= 11 is 0. The van der Waals surface area contributed by atoms with Crippen molar-refractivity contribution in [1.82, 2.24) is 9.97 Å². The number of aromatic nitrogens is 2. The summed E-state index contributed by atoms with van der Waals surface area (Å²) in [5.74, 6) is -0.677. The van der Waals surface area contributed by atoms with Crippen LogP contribution in [0.3, 0.4) is 0 Å². The van der Waals surface area contributed by atoms with Gasteiger partial charge in [0.25, 0.3) is 5.91 Å². The minimum atomic E-state index is -4.64. The van der Waals surface area contributed by atoms with Crippen LogP contribution < -0.4 is 10.2 Å². The molecule has 1 aliphatic rings. The van der Waals surface area contributed by atoms with E-state index < -0.39 is 17.8 Å². The lowest BCUT2D eigenvalue weighted by Gasteiger charge is -2.16. The lowest BCUT2D eigenvalue weighted by Crippen LogP contribution is -2.18. The van der Waals surface area contributed by atoms with Crippen molar-refractivity contribution in [2.45, 2.75) is 32.0 Å². The standard InChI is InChI=1S/C23H18F3N5O/c1-14-2-3-17(30-22(32)15-6-7-29-21(9-15)23(24,25)26)10-20(14)16-8-19(12-28-11-16)31(13-27)18-4-5-18/h2-3,6-12,18H,4-5H2,1H3,(H,30,32). The molecule has 4 rings (SSSR count). The van der Waals surface area contributed by atoms with Gasteiger partial charge in [-0.25, -0.2) is 0 Å². The quantitative estimate of drug-likeness (QED) is 0.440. The van der Waals surface area contributed by atoms with E-state index in [-0.39, 0.29) is 11.6 Å². The maximum absolute atomic E-state index is 12.9. The zero-order chi connectivity index (χ0) is 22.9. The summed E-state index contributed by atoms with van der Waals surface area (Å²) in [6, 6.07) is 9.20. The molecule has 2 heterocycles. The minimum absolute atomic E-state index is 0.146. The molecule has 32 heavy (non-hydrogen) atoms. The second kappa shape index (κ2) is 8.30. The van der Waals surface area contributed by atoms with E-state index in [0.717, 1.165) is 35.7 Å². The average Bonchev–Trinajstić information content (AvgIpc) is 3.60. The summed E-state index contributed by atoms with van der Waals surface area (Å²) < 4.78 is 38.7. The van der Waals surface area contributed by atoms with Crippen LogP contribution in [0.2, 0.25) is 0 Å². The number of nitrogens with zero attached hydrogens (tertiary/aromatic N) is 4. The third-order valence-corrected chi connectivity index (χ3v) is 5.14. The second-order valence-corrected chi connectivity index (χ2v) is 7.54. The molecule has 0 bridgehead atoms. The van der Waals surface area contributed by atoms with E-state index in [0.29, 0.717) is 17.4 Å². The van der Waals surface area contributed by atoms with Gasteiger partial charge in [0, 0.05) is 35.2 Å². The van der Waals surface area contributed by atoms with Crippen LogP contribution >= 0.6 is 0 Å². The minimum Gasteiger partial charge on any atom is -0.322 e. The largest absolute Gasteiger partial charge is 0.433 e. The van der Waals surface area contributed by atoms with E-state index in [1.165, 1.54) is 6.07 Å². The smallest absolute Gasteiger partial charge is 0.322 e. The van der Waals surface area contributed by atoms with Crippen molar-refractivity contribution in [2.24, 2.45) is 0 Å². The Hall–Kier alpha value is -3.93. The van der Waals surface area contributed by atoms with Crippen LogP contribution in [0.1, 0.15) is 34.5 Å². The van der Waals surface area contributed by atoms with Crippen LogP contribution in [0.25, 0.3) is 11.1 Å². The number of carbonyl (C=O) groups excluding carboxylic acids is 1. The van der Waals surface area contributed by atoms with Crippen molar-refractivity contribution in [3.63, 3.8) is 0 Å². The first-order valence-corrected chi connectivity index (χ1v) is 9.86. The number of nitriles is 1. The Morgan fingerprint density at radius 3 is 2.66 bits per heavy atom. The van der Waals surface area contributed by atoms with Crippen LogP contribution in [0.4, 0.5) is 24.5 Å². The topological polar surface area (TPSA) is 81.9 Å². The number of benzene rings is 1. The number of rotatable bonds is 5. The predicted molar refractivity (Wildman–Crippen MR) is 113 cm³/mol. The Kier molecular flexibility index (Phi) is 5.53. The first-order chi connectivity index (χ1) is 15.3. The van der Waals surface area contributed by atoms with Crippen molar-refractivity contribution >= 4 is 17.3 Å². The number of carbonyl (C=O) groups is 1. The summed E-state index contributed by atoms with van der Waals surface area (Å²) in [5.41, 5.74) is 2.31. The van der Waals surface area contributed by atoms with Gasteiger partial charge in [-0.2, -0.15) is 18.4 Å². The Labute approximate surface area is 182 Å². The number of hydrogen-bond acceptors (Lipinski definition) is 5. The van der Waals surface area contributed by atoms with Gasteiger partial charge in [0.1, 0.15) is 5.69 Å². The number of nitrogens with one attached hydrogen (secondary N) is 1. The average molecular weight is 437 g/mol. The molecule has 1 N–H and O–H groups in total. The van der Waals surface area contributed by atoms with Crippen LogP contribution in [0.15, 0.2) is 55.0 Å². The molecular weight excluding hydrogens is 419 g/mol. The Morgan fingerprint density at radius 1 is 1.19 bits per heavy atom. The molecular formula is C23H18F3N5O. The highest BCUT2D eigenvalue weighted by molar-refractivity contribution is 6.04. The molecule has 0 spiro atoms. The molecule has 0 atom stereocenters. The van der Waals surface area contributed by atoms with Gasteiger partial charge < -0.3 is 5.32 Å². The summed E-state index contributed by atoms with van der Waals surface area (Å²) in [6.45, 7) is 1.90. The van der Waals surface area contributed by atoms with E-state index in [1.54, 1.807) is 35.5 Å². The highest BCUT2D eigenvalue weighted by atomic mass is 19.4. The third kappa shape index (κ3) is 4.54. The number of amides is 1. The van der Waals surface area contributed by atoms with Gasteiger partial charge in [-0.1, -0.05) is 6.07 Å². The molecule has 9 heteroatoms. The maximum Gasteiger partial charge on any atom is 0.433 e. The van der Waals surface area contributed by atoms with Crippen molar-refractivity contribution in [1.29, 1.82) is 5.26 Å². The van der Waals surface area contributed by atoms with Gasteiger partial charge in [-0.05, 0) is 61.2 Å². The number of pyridine rings is 2. The van der Waals surface area contributed by atoms with Crippen LogP contribution in [0, 0.1) is 18.4 Å². The molecule has 1 amide bonds. The van der Waals surface area contributed by atoms with E-state index >= 15 is 0 Å². The predicted octanol–water partition coefficient (Wildman–Crippen LogP) is 5.17. The Bertz CT molecular complexity index is 1210. The molecule has 3 aromatic rings. The normalized spacial score (nSPS) is 13.3. The van der Waals surface area contributed by atoms with E-state index in [2.05, 4.69) is 21.5 Å². The van der Waals surface area contributed by atoms with Gasteiger partial charge in [0.05, 0.1) is 11.9 Å². The van der Waals surface area contributed by atoms with E-state index in [9.17, 15) is 23.2 Å². The van der Waals surface area contributed by atoms with Crippen LogP contribution in [-0.4, -0.2) is 21.9 Å². The summed E-state index contributed by atoms with van der Waals surface area (Å²) in [6.07, 6.45) is 3.74. The van der Waals surface area contributed by atoms with Crippen molar-refractivity contribution in [3.8, 4) is 17.3 Å². The van der Waals surface area contributed by atoms with Crippen LogP contribution in [-0.2, 0) is 6.18 Å². The van der Waals surface area contributed by atoms with Gasteiger partial charge in [0.2, 0.25) is 0 Å². The lowest BCUT2D eigenvalue weighted by molar-refractivity contribution is -0.141. The zero-order valence-corrected chi connectivity index (χ0v) is 17.0. The number of halogens is 3. The molecule has 1 fully saturated rings. The molecule has 6 nitrogen and oxygen atoms in total. The summed E-state index contributed by atoms with van der Waals surface area (Å²) in [4.78, 5) is 21.7. The zero-order valence-electron chi connectivity index (χ0n) is 17.0. The first-order valence-electron chi connectivity index (χ1n) is 9.86. The van der Waals surface area contributed by atoms with Crippen molar-refractivity contribution < 1.29 is 18.0 Å². The molecule has 2 aromatic heterocycles. The molecule has 0 unspecified atom stereocenters. The molecule has 0 radical (unpaired) electrons. The monoisotopic (exact) mass is 437 g/mol. The number of alkyl halides is 3. The number of aryl methyl sites for hydroxylation is 1. The van der Waals surface area contributed by atoms with E-state index in [4.69, 9.17) is 0 Å². The third-order valence-electron chi connectivity index (χ3n) is 5.14. The van der Waals surface area contributed by atoms with Crippen LogP contribution in [0.5, 0.6) is 0 Å². The Balaban J connectivity index is 1.60. The van der Waals surface area contributed by atoms with Gasteiger partial charge in [0.15, 0.2) is 6.19 Å². The fourth-order valence-corrected chi connectivity index (χ4v) is 3.33. The SMILES string of the molecule is Cc1ccc(NC(=O)c2ccnc(C(F)(F)F)c2)cc1-c1cncc(N(C#N)C2CC2)c1. The van der Waals surface area contributed by atoms with Crippen molar-refractivity contribution in [2.75, 3.05) is 10.2 Å². The molecule has 1 saturated carbocycles. The molecule has 0 aliphatic heterocycles. The molecule has 1 aromatic carbocycles. The molecule has 1 aliphatic carbocycles. The lowest BCUT2D eigenvalue weighted by atomic mass is 10.0. The Morgan fingerprint density at radius 2 is 1.97 bits per heavy atom. The van der Waals surface area contributed by atoms with Gasteiger partial charge in [-0.15, -0.1) is 0 Å². The molecule has 0 saturated heterocycles. The molecule has 162 valence electrons. The first kappa shape index (κ1) is 21.3. The van der Waals surface area contributed by atoms with Gasteiger partial charge >= 0.3 is 6.18 Å². The van der Waals surface area contributed by atoms with Crippen molar-refractivity contribution in [3.05, 3.63) is 71.8 Å². The van der Waals surface area contributed by atoms with E-state index in [1.807, 2.05) is 13.0 Å². The summed E-state index contributed by atoms with van der Waals surface area (Å²) in [7, 11) is 0. The fraction of sp³-hybridized carbons (Fsp3) is 0.217. The highest BCUT2D eigenvalue weighted by Crippen LogP contribution is 2.34.